The van der Waals surface area contributed by atoms with Crippen LogP contribution in [-0.4, -0.2) is 76.7 Å². The molecule has 0 radical (unpaired) electrons. The molecule has 0 bridgehead atoms. The van der Waals surface area contributed by atoms with E-state index in [9.17, 15) is 19.5 Å². The summed E-state index contributed by atoms with van der Waals surface area (Å²) in [7, 11) is 1.96. The summed E-state index contributed by atoms with van der Waals surface area (Å²) < 4.78 is 6.53. The average molecular weight is 510 g/mol. The topological polar surface area (TPSA) is 119 Å². The van der Waals surface area contributed by atoms with Crippen LogP contribution < -0.4 is 10.1 Å². The van der Waals surface area contributed by atoms with Crippen LogP contribution in [0.2, 0.25) is 0 Å². The van der Waals surface area contributed by atoms with E-state index in [1.165, 1.54) is 0 Å². The van der Waals surface area contributed by atoms with E-state index in [0.29, 0.717) is 36.6 Å². The number of benzene rings is 2. The highest BCUT2D eigenvalue weighted by atomic mass is 16.5. The van der Waals surface area contributed by atoms with Crippen LogP contribution in [0.15, 0.2) is 42.5 Å². The molecule has 2 aliphatic rings. The van der Waals surface area contributed by atoms with Gasteiger partial charge in [-0.15, -0.1) is 0 Å². The number of nitrogens with one attached hydrogen (secondary N) is 1. The predicted molar refractivity (Wildman–Crippen MR) is 139 cm³/mol. The number of nitrogens with zero attached hydrogens (tertiary/aromatic N) is 2. The first-order valence-corrected chi connectivity index (χ1v) is 12.7. The fourth-order valence-electron chi connectivity index (χ4n) is 4.58. The van der Waals surface area contributed by atoms with E-state index in [-0.39, 0.29) is 48.0 Å². The lowest BCUT2D eigenvalue weighted by Gasteiger charge is -2.38. The molecule has 4 rings (SSSR count). The van der Waals surface area contributed by atoms with E-state index in [4.69, 9.17) is 9.84 Å². The molecule has 0 spiro atoms. The number of carboxylic acids is 1. The van der Waals surface area contributed by atoms with Crippen molar-refractivity contribution in [3.05, 3.63) is 59.2 Å². The molecule has 1 fully saturated rings. The Morgan fingerprint density at radius 1 is 1.19 bits per heavy atom. The van der Waals surface area contributed by atoms with Gasteiger partial charge in [0, 0.05) is 31.5 Å². The largest absolute Gasteiger partial charge is 0.486 e. The monoisotopic (exact) mass is 509 g/mol. The van der Waals surface area contributed by atoms with Gasteiger partial charge in [0.1, 0.15) is 6.10 Å². The lowest BCUT2D eigenvalue weighted by Crippen LogP contribution is -2.49. The van der Waals surface area contributed by atoms with Gasteiger partial charge in [-0.3, -0.25) is 14.5 Å². The number of carboxylic acid groups (broad SMARTS) is 1. The second-order valence-electron chi connectivity index (χ2n) is 10.3. The van der Waals surface area contributed by atoms with E-state index in [1.54, 1.807) is 47.4 Å². The molecule has 2 aromatic rings. The summed E-state index contributed by atoms with van der Waals surface area (Å²) in [4.78, 5) is 41.0. The maximum Gasteiger partial charge on any atom is 0.335 e. The van der Waals surface area contributed by atoms with Gasteiger partial charge in [0.15, 0.2) is 5.75 Å². The van der Waals surface area contributed by atoms with Gasteiger partial charge in [-0.05, 0) is 56.6 Å². The number of aliphatic hydroxyl groups excluding tert-OH is 1. The summed E-state index contributed by atoms with van der Waals surface area (Å²) in [6, 6.07) is 11.6. The van der Waals surface area contributed by atoms with Crippen molar-refractivity contribution in [2.75, 3.05) is 32.1 Å². The zero-order valence-corrected chi connectivity index (χ0v) is 21.5. The predicted octanol–water partition coefficient (Wildman–Crippen LogP) is 3.09. The SMILES string of the molecule is C[C@@H]1CN([C@H](C)CO)C(=O)c2cccc(NC(=O)C3CC3)c2O[C@H]1CN(C)Cc1ccc(C(=O)O)cc1. The van der Waals surface area contributed by atoms with E-state index >= 15 is 0 Å². The van der Waals surface area contributed by atoms with Gasteiger partial charge in [-0.1, -0.05) is 25.1 Å². The zero-order valence-electron chi connectivity index (χ0n) is 21.5. The number of rotatable bonds is 9. The van der Waals surface area contributed by atoms with Crippen LogP contribution in [0.25, 0.3) is 0 Å². The van der Waals surface area contributed by atoms with E-state index < -0.39 is 5.97 Å². The Morgan fingerprint density at radius 2 is 1.89 bits per heavy atom. The Kier molecular flexibility index (Phi) is 8.14. The Bertz CT molecular complexity index is 1150. The summed E-state index contributed by atoms with van der Waals surface area (Å²) in [5, 5.41) is 21.9. The van der Waals surface area contributed by atoms with Crippen LogP contribution in [0.5, 0.6) is 5.75 Å². The molecule has 9 nitrogen and oxygen atoms in total. The number of aromatic carboxylic acids is 1. The molecule has 1 heterocycles. The number of fused-ring (bicyclic) bond motifs is 1. The third-order valence-corrected chi connectivity index (χ3v) is 7.04. The van der Waals surface area contributed by atoms with Crippen LogP contribution in [0, 0.1) is 11.8 Å². The number of anilines is 1. The maximum atomic E-state index is 13.5. The normalized spacial score (nSPS) is 20.5. The molecule has 0 unspecified atom stereocenters. The number of para-hydroxylation sites is 1. The van der Waals surface area contributed by atoms with Crippen molar-refractivity contribution in [2.24, 2.45) is 11.8 Å². The van der Waals surface area contributed by atoms with Crippen LogP contribution in [0.1, 0.15) is 53.0 Å². The van der Waals surface area contributed by atoms with E-state index in [0.717, 1.165) is 18.4 Å². The molecule has 3 atom stereocenters. The number of ether oxygens (including phenoxy) is 1. The van der Waals surface area contributed by atoms with Crippen molar-refractivity contribution in [3.8, 4) is 5.75 Å². The molecule has 1 aliphatic heterocycles. The first-order valence-electron chi connectivity index (χ1n) is 12.7. The summed E-state index contributed by atoms with van der Waals surface area (Å²) in [6.07, 6.45) is 1.41. The Balaban J connectivity index is 1.60. The molecule has 3 N–H and O–H groups in total. The number of likely N-dealkylation sites (N-methyl/N-ethyl adjacent to an activating group) is 1. The molecule has 1 saturated carbocycles. The minimum absolute atomic E-state index is 0.000563. The van der Waals surface area contributed by atoms with Crippen molar-refractivity contribution in [1.29, 1.82) is 0 Å². The minimum Gasteiger partial charge on any atom is -0.486 e. The molecule has 9 heteroatoms. The number of carbonyl (C=O) groups is 3. The number of hydrogen-bond donors (Lipinski definition) is 3. The van der Waals surface area contributed by atoms with E-state index in [2.05, 4.69) is 10.2 Å². The number of carbonyl (C=O) groups excluding carboxylic acids is 2. The number of amides is 2. The first kappa shape index (κ1) is 26.6. The van der Waals surface area contributed by atoms with Crippen molar-refractivity contribution < 1.29 is 29.3 Å². The van der Waals surface area contributed by atoms with Crippen LogP contribution in [0.4, 0.5) is 5.69 Å². The molecular formula is C28H35N3O6. The van der Waals surface area contributed by atoms with E-state index in [1.807, 2.05) is 20.9 Å². The molecule has 2 amide bonds. The van der Waals surface area contributed by atoms with Gasteiger partial charge in [0.2, 0.25) is 5.91 Å². The fourth-order valence-corrected chi connectivity index (χ4v) is 4.58. The summed E-state index contributed by atoms with van der Waals surface area (Å²) in [5.41, 5.74) is 2.04. The van der Waals surface area contributed by atoms with Crippen molar-refractivity contribution >= 4 is 23.5 Å². The minimum atomic E-state index is -0.962. The van der Waals surface area contributed by atoms with Crippen LogP contribution in [0.3, 0.4) is 0 Å². The second kappa shape index (κ2) is 11.3. The molecule has 0 aromatic heterocycles. The maximum absolute atomic E-state index is 13.5. The summed E-state index contributed by atoms with van der Waals surface area (Å²) in [6.45, 7) is 5.18. The zero-order chi connectivity index (χ0) is 26.7. The van der Waals surface area contributed by atoms with Gasteiger partial charge in [0.05, 0.1) is 29.5 Å². The molecule has 2 aromatic carbocycles. The molecule has 0 saturated heterocycles. The first-order chi connectivity index (χ1) is 17.7. The molecular weight excluding hydrogens is 474 g/mol. The highest BCUT2D eigenvalue weighted by Crippen LogP contribution is 2.37. The van der Waals surface area contributed by atoms with Gasteiger partial charge in [0.25, 0.3) is 5.91 Å². The highest BCUT2D eigenvalue weighted by molar-refractivity contribution is 6.02. The lowest BCUT2D eigenvalue weighted by atomic mass is 9.98. The average Bonchev–Trinajstić information content (AvgIpc) is 3.72. The van der Waals surface area contributed by atoms with Crippen LogP contribution in [-0.2, 0) is 11.3 Å². The summed E-state index contributed by atoms with van der Waals surface area (Å²) >= 11 is 0. The molecule has 1 aliphatic carbocycles. The fraction of sp³-hybridized carbons (Fsp3) is 0.464. The third kappa shape index (κ3) is 6.29. The Hall–Kier alpha value is -3.43. The van der Waals surface area contributed by atoms with Crippen molar-refractivity contribution in [1.82, 2.24) is 9.80 Å². The Labute approximate surface area is 217 Å². The van der Waals surface area contributed by atoms with Gasteiger partial charge in [-0.25, -0.2) is 4.79 Å². The van der Waals surface area contributed by atoms with Gasteiger partial charge >= 0.3 is 5.97 Å². The lowest BCUT2D eigenvalue weighted by molar-refractivity contribution is -0.117. The van der Waals surface area contributed by atoms with Crippen molar-refractivity contribution in [3.63, 3.8) is 0 Å². The summed E-state index contributed by atoms with van der Waals surface area (Å²) in [5.74, 6) is -0.993. The quantitative estimate of drug-likeness (QED) is 0.475. The van der Waals surface area contributed by atoms with Gasteiger partial charge < -0.3 is 25.2 Å². The smallest absolute Gasteiger partial charge is 0.335 e. The Morgan fingerprint density at radius 3 is 2.51 bits per heavy atom. The number of aliphatic hydroxyl groups is 1. The molecule has 198 valence electrons. The highest BCUT2D eigenvalue weighted by Gasteiger charge is 2.36. The molecule has 37 heavy (non-hydrogen) atoms. The van der Waals surface area contributed by atoms with Gasteiger partial charge in [-0.2, -0.15) is 0 Å². The van der Waals surface area contributed by atoms with Crippen molar-refractivity contribution in [2.45, 2.75) is 45.4 Å². The standard InChI is InChI=1S/C28H35N3O6/c1-17-13-31(18(2)16-32)27(34)22-5-4-6-23(29-26(33)20-11-12-20)25(22)37-24(17)15-30(3)14-19-7-9-21(10-8-19)28(35)36/h4-10,17-18,20,24,32H,11-16H2,1-3H3,(H,29,33)(H,35,36)/t17-,18-,24+/m1/s1. The third-order valence-electron chi connectivity index (χ3n) is 7.04. The van der Waals surface area contributed by atoms with Crippen LogP contribution >= 0.6 is 0 Å². The second-order valence-corrected chi connectivity index (χ2v) is 10.3. The number of hydrogen-bond acceptors (Lipinski definition) is 6.